The molecule has 0 aromatic heterocycles. The number of hydrazone groups is 1. The normalized spacial score (nSPS) is 23.5. The molecule has 6 heteroatoms. The number of aromatic hydroxyl groups is 1. The lowest BCUT2D eigenvalue weighted by Crippen LogP contribution is -2.43. The van der Waals surface area contributed by atoms with Crippen LogP contribution < -0.4 is 16.3 Å². The zero-order valence-electron chi connectivity index (χ0n) is 13.3. The molecule has 2 aromatic rings. The molecule has 1 fully saturated rings. The lowest BCUT2D eigenvalue weighted by atomic mass is 9.91. The molecule has 24 heavy (non-hydrogen) atoms. The monoisotopic (exact) mass is 324 g/mol. The summed E-state index contributed by atoms with van der Waals surface area (Å²) in [6, 6.07) is 16.5. The van der Waals surface area contributed by atoms with E-state index in [1.54, 1.807) is 24.3 Å². The Bertz CT molecular complexity index is 733. The summed E-state index contributed by atoms with van der Waals surface area (Å²) in [5, 5.41) is 13.6. The number of phenols is 1. The predicted octanol–water partition coefficient (Wildman–Crippen LogP) is 1.70. The van der Waals surface area contributed by atoms with Crippen molar-refractivity contribution in [3.63, 3.8) is 0 Å². The average molecular weight is 324 g/mol. The molecule has 0 bridgehead atoms. The van der Waals surface area contributed by atoms with Gasteiger partial charge in [0.15, 0.2) is 0 Å². The van der Waals surface area contributed by atoms with E-state index in [2.05, 4.69) is 21.4 Å². The van der Waals surface area contributed by atoms with Crippen LogP contribution in [0.3, 0.4) is 0 Å². The largest absolute Gasteiger partial charge is 0.507 e. The highest BCUT2D eigenvalue weighted by Gasteiger charge is 2.37. The van der Waals surface area contributed by atoms with Crippen molar-refractivity contribution in [2.24, 2.45) is 11.0 Å². The summed E-state index contributed by atoms with van der Waals surface area (Å²) in [7, 11) is 0. The third-order valence-corrected chi connectivity index (χ3v) is 4.20. The number of phenolic OH excluding ortho intramolecular Hbond substituents is 1. The highest BCUT2D eigenvalue weighted by molar-refractivity contribution is 5.86. The minimum absolute atomic E-state index is 0.0593. The second-order valence-electron chi connectivity index (χ2n) is 5.81. The topological polar surface area (TPSA) is 85.8 Å². The van der Waals surface area contributed by atoms with Crippen molar-refractivity contribution >= 4 is 12.1 Å². The van der Waals surface area contributed by atoms with Crippen LogP contribution in [0.1, 0.15) is 24.1 Å². The molecule has 0 radical (unpaired) electrons. The number of benzene rings is 2. The highest BCUT2D eigenvalue weighted by Crippen LogP contribution is 2.28. The Hall–Kier alpha value is -2.70. The van der Waals surface area contributed by atoms with Crippen LogP contribution in [-0.4, -0.2) is 23.3 Å². The molecule has 0 spiro atoms. The summed E-state index contributed by atoms with van der Waals surface area (Å²) in [4.78, 5) is 12.3. The Kier molecular flexibility index (Phi) is 4.88. The molecule has 0 aliphatic carbocycles. The van der Waals surface area contributed by atoms with Crippen LogP contribution >= 0.6 is 0 Å². The van der Waals surface area contributed by atoms with Gasteiger partial charge in [0.25, 0.3) is 5.91 Å². The third-order valence-electron chi connectivity index (χ3n) is 4.20. The first-order valence-corrected chi connectivity index (χ1v) is 7.83. The maximum atomic E-state index is 12.3. The van der Waals surface area contributed by atoms with Crippen LogP contribution in [0, 0.1) is 5.92 Å². The number of hydrogen-bond acceptors (Lipinski definition) is 5. The van der Waals surface area contributed by atoms with Gasteiger partial charge in [0.2, 0.25) is 0 Å². The molecule has 1 aliphatic rings. The molecular weight excluding hydrogens is 304 g/mol. The van der Waals surface area contributed by atoms with E-state index in [4.69, 9.17) is 0 Å². The first kappa shape index (κ1) is 16.2. The van der Waals surface area contributed by atoms with E-state index in [0.717, 1.165) is 5.56 Å². The maximum absolute atomic E-state index is 12.3. The number of hydrazine groups is 1. The van der Waals surface area contributed by atoms with Gasteiger partial charge in [0.05, 0.1) is 12.3 Å². The van der Waals surface area contributed by atoms with E-state index >= 15 is 0 Å². The molecule has 3 atom stereocenters. The van der Waals surface area contributed by atoms with Gasteiger partial charge < -0.3 is 5.11 Å². The van der Waals surface area contributed by atoms with Gasteiger partial charge in [-0.05, 0) is 17.7 Å². The van der Waals surface area contributed by atoms with Gasteiger partial charge in [0, 0.05) is 11.5 Å². The van der Waals surface area contributed by atoms with E-state index in [0.29, 0.717) is 5.56 Å². The molecule has 4 N–H and O–H groups in total. The van der Waals surface area contributed by atoms with Crippen LogP contribution in [0.2, 0.25) is 0 Å². The number of rotatable bonds is 4. The second kappa shape index (κ2) is 7.25. The molecule has 1 heterocycles. The molecule has 2 aromatic carbocycles. The molecule has 3 rings (SSSR count). The summed E-state index contributed by atoms with van der Waals surface area (Å²) >= 11 is 0. The quantitative estimate of drug-likeness (QED) is 0.509. The van der Waals surface area contributed by atoms with Gasteiger partial charge in [-0.1, -0.05) is 49.4 Å². The van der Waals surface area contributed by atoms with Crippen molar-refractivity contribution in [2.45, 2.75) is 19.0 Å². The fourth-order valence-corrected chi connectivity index (χ4v) is 2.82. The first-order valence-electron chi connectivity index (χ1n) is 7.83. The predicted molar refractivity (Wildman–Crippen MR) is 92.2 cm³/mol. The molecule has 1 amide bonds. The number of para-hydroxylation sites is 1. The summed E-state index contributed by atoms with van der Waals surface area (Å²) in [6.07, 6.45) is 1.43. The van der Waals surface area contributed by atoms with E-state index < -0.39 is 6.04 Å². The van der Waals surface area contributed by atoms with Gasteiger partial charge in [-0.2, -0.15) is 5.10 Å². The van der Waals surface area contributed by atoms with Gasteiger partial charge in [0.1, 0.15) is 11.8 Å². The van der Waals surface area contributed by atoms with Crippen molar-refractivity contribution in [1.82, 2.24) is 16.3 Å². The SMILES string of the molecule is CC1C(C(=O)N/N=C/c2ccccc2O)NNC1c1ccccc1. The lowest BCUT2D eigenvalue weighted by Gasteiger charge is -2.17. The molecule has 0 saturated carbocycles. The Morgan fingerprint density at radius 2 is 1.83 bits per heavy atom. The van der Waals surface area contributed by atoms with Crippen LogP contribution in [0.15, 0.2) is 59.7 Å². The number of nitrogens with zero attached hydrogens (tertiary/aromatic N) is 1. The third kappa shape index (κ3) is 3.45. The van der Waals surface area contributed by atoms with E-state index in [9.17, 15) is 9.90 Å². The molecule has 124 valence electrons. The number of carbonyl (C=O) groups is 1. The van der Waals surface area contributed by atoms with E-state index in [-0.39, 0.29) is 23.6 Å². The Morgan fingerprint density at radius 3 is 2.58 bits per heavy atom. The van der Waals surface area contributed by atoms with Crippen LogP contribution in [0.4, 0.5) is 0 Å². The standard InChI is InChI=1S/C18H20N4O2/c1-12-16(13-7-3-2-4-8-13)20-21-17(12)18(24)22-19-11-14-9-5-6-10-15(14)23/h2-12,16-17,20-21,23H,1H3,(H,22,24)/b19-11+. The van der Waals surface area contributed by atoms with Gasteiger partial charge in [-0.15, -0.1) is 0 Å². The van der Waals surface area contributed by atoms with Crippen LogP contribution in [0.25, 0.3) is 0 Å². The Morgan fingerprint density at radius 1 is 1.12 bits per heavy atom. The van der Waals surface area contributed by atoms with Crippen LogP contribution in [0.5, 0.6) is 5.75 Å². The van der Waals surface area contributed by atoms with Gasteiger partial charge in [-0.3, -0.25) is 4.79 Å². The van der Waals surface area contributed by atoms with E-state index in [1.165, 1.54) is 6.21 Å². The van der Waals surface area contributed by atoms with Gasteiger partial charge >= 0.3 is 0 Å². The Balaban J connectivity index is 1.61. The van der Waals surface area contributed by atoms with E-state index in [1.807, 2.05) is 37.3 Å². The summed E-state index contributed by atoms with van der Waals surface area (Å²) < 4.78 is 0. The minimum atomic E-state index is -0.392. The van der Waals surface area contributed by atoms with Crippen LogP contribution in [-0.2, 0) is 4.79 Å². The average Bonchev–Trinajstić information content (AvgIpc) is 2.99. The lowest BCUT2D eigenvalue weighted by molar-refractivity contribution is -0.123. The number of amides is 1. The van der Waals surface area contributed by atoms with Gasteiger partial charge in [-0.25, -0.2) is 16.3 Å². The van der Waals surface area contributed by atoms with Crippen molar-refractivity contribution in [3.05, 3.63) is 65.7 Å². The summed E-state index contributed by atoms with van der Waals surface area (Å²) in [5.41, 5.74) is 10.4. The Labute approximate surface area is 140 Å². The molecule has 1 saturated heterocycles. The van der Waals surface area contributed by atoms with Crippen molar-refractivity contribution in [2.75, 3.05) is 0 Å². The van der Waals surface area contributed by atoms with Crippen molar-refractivity contribution in [1.29, 1.82) is 0 Å². The smallest absolute Gasteiger partial charge is 0.258 e. The summed E-state index contributed by atoms with van der Waals surface area (Å²) in [6.45, 7) is 2.02. The summed E-state index contributed by atoms with van der Waals surface area (Å²) in [5.74, 6) is -0.0403. The minimum Gasteiger partial charge on any atom is -0.507 e. The number of nitrogens with one attached hydrogen (secondary N) is 3. The zero-order valence-corrected chi connectivity index (χ0v) is 13.3. The van der Waals surface area contributed by atoms with Crippen molar-refractivity contribution in [3.8, 4) is 5.75 Å². The maximum Gasteiger partial charge on any atom is 0.258 e. The second-order valence-corrected chi connectivity index (χ2v) is 5.81. The zero-order chi connectivity index (χ0) is 16.9. The number of carbonyl (C=O) groups excluding carboxylic acids is 1. The van der Waals surface area contributed by atoms with Crippen molar-refractivity contribution < 1.29 is 9.90 Å². The number of hydrogen-bond donors (Lipinski definition) is 4. The fraction of sp³-hybridized carbons (Fsp3) is 0.222. The molecule has 1 aliphatic heterocycles. The fourth-order valence-electron chi connectivity index (χ4n) is 2.82. The molecule has 6 nitrogen and oxygen atoms in total. The first-order chi connectivity index (χ1) is 11.7. The molecule has 3 unspecified atom stereocenters. The molecular formula is C18H20N4O2. The highest BCUT2D eigenvalue weighted by atomic mass is 16.3.